The van der Waals surface area contributed by atoms with Crippen molar-refractivity contribution in [1.82, 2.24) is 0 Å². The minimum Gasteiger partial charge on any atom is -0.475 e. The fourth-order valence-corrected chi connectivity index (χ4v) is 3.13. The summed E-state index contributed by atoms with van der Waals surface area (Å²) >= 11 is 0. The predicted octanol–water partition coefficient (Wildman–Crippen LogP) is 1.37. The Morgan fingerprint density at radius 2 is 1.83 bits per heavy atom. The summed E-state index contributed by atoms with van der Waals surface area (Å²) in [6, 6.07) is 2.40. The smallest absolute Gasteiger partial charge is 0.272 e. The summed E-state index contributed by atoms with van der Waals surface area (Å²) in [4.78, 5) is 38.5. The largest absolute Gasteiger partial charge is 0.475 e. The van der Waals surface area contributed by atoms with E-state index in [1.54, 1.807) is 0 Å². The molecule has 1 aromatic carbocycles. The summed E-state index contributed by atoms with van der Waals surface area (Å²) in [5.74, 6) is 0.643. The van der Waals surface area contributed by atoms with Gasteiger partial charge in [-0.25, -0.2) is 9.29 Å². The predicted molar refractivity (Wildman–Crippen MR) is 81.9 cm³/mol. The number of benzene rings is 1. The van der Waals surface area contributed by atoms with Crippen molar-refractivity contribution in [1.29, 1.82) is 0 Å². The molecule has 0 bridgehead atoms. The van der Waals surface area contributed by atoms with Crippen LogP contribution in [-0.2, 0) is 14.4 Å². The second-order valence-corrected chi connectivity index (χ2v) is 6.09. The molecule has 24 heavy (non-hydrogen) atoms. The van der Waals surface area contributed by atoms with Gasteiger partial charge in [0, 0.05) is 31.7 Å². The van der Waals surface area contributed by atoms with Crippen molar-refractivity contribution in [3.05, 3.63) is 17.9 Å². The summed E-state index contributed by atoms with van der Waals surface area (Å²) in [5, 5.41) is 0. The van der Waals surface area contributed by atoms with Gasteiger partial charge in [0.2, 0.25) is 11.8 Å². The van der Waals surface area contributed by atoms with Gasteiger partial charge in [-0.05, 0) is 6.07 Å². The minimum absolute atomic E-state index is 0.00388. The number of ether oxygens (including phenoxy) is 1. The minimum atomic E-state index is -0.947. The van der Waals surface area contributed by atoms with E-state index in [4.69, 9.17) is 11.2 Å². The molecule has 1 aliphatic carbocycles. The van der Waals surface area contributed by atoms with Crippen LogP contribution in [0.1, 0.15) is 25.7 Å². The second kappa shape index (κ2) is 4.81. The van der Waals surface area contributed by atoms with E-state index in [9.17, 15) is 18.8 Å². The number of fused-ring (bicyclic) bond motifs is 1. The molecular weight excluding hydrogens is 315 g/mol. The van der Waals surface area contributed by atoms with Crippen molar-refractivity contribution >= 4 is 29.1 Å². The number of carbonyl (C=O) groups excluding carboxylic acids is 3. The average molecular weight is 328 g/mol. The molecule has 3 aliphatic rings. The summed E-state index contributed by atoms with van der Waals surface area (Å²) in [7, 11) is 0. The first kappa shape index (κ1) is 14.7. The molecule has 0 radical (unpaired) electrons. The standard InChI is InChI=1S/C17H13FN2O4/c1-2-7-19-12-9-11(20-14(21)3-4-15(20)22)10(18)8-13(12)24-17(5-6-17)16(19)23/h1,8-9H,3-7H2. The normalized spacial score (nSPS) is 20.9. The van der Waals surface area contributed by atoms with Crippen LogP contribution in [0.3, 0.4) is 0 Å². The number of nitrogens with zero attached hydrogens (tertiary/aromatic N) is 2. The van der Waals surface area contributed by atoms with Gasteiger partial charge in [0.1, 0.15) is 5.75 Å². The lowest BCUT2D eigenvalue weighted by Gasteiger charge is -2.34. The highest BCUT2D eigenvalue weighted by Gasteiger charge is 2.58. The lowest BCUT2D eigenvalue weighted by Crippen LogP contribution is -2.48. The molecule has 4 rings (SSSR count). The van der Waals surface area contributed by atoms with Crippen molar-refractivity contribution in [2.45, 2.75) is 31.3 Å². The van der Waals surface area contributed by atoms with Gasteiger partial charge in [0.25, 0.3) is 5.91 Å². The van der Waals surface area contributed by atoms with Gasteiger partial charge in [-0.1, -0.05) is 5.92 Å². The van der Waals surface area contributed by atoms with Crippen molar-refractivity contribution < 1.29 is 23.5 Å². The molecule has 1 saturated carbocycles. The first-order valence-corrected chi connectivity index (χ1v) is 7.61. The highest BCUT2D eigenvalue weighted by atomic mass is 19.1. The van der Waals surface area contributed by atoms with Crippen LogP contribution in [0.25, 0.3) is 0 Å². The van der Waals surface area contributed by atoms with Crippen molar-refractivity contribution in [3.63, 3.8) is 0 Å². The van der Waals surface area contributed by atoms with Crippen molar-refractivity contribution in [2.75, 3.05) is 16.3 Å². The number of halogens is 1. The zero-order valence-electron chi connectivity index (χ0n) is 12.7. The van der Waals surface area contributed by atoms with Gasteiger partial charge in [-0.15, -0.1) is 6.42 Å². The molecule has 1 spiro atoms. The third-order valence-corrected chi connectivity index (χ3v) is 4.51. The second-order valence-electron chi connectivity index (χ2n) is 6.09. The Balaban J connectivity index is 1.84. The number of imide groups is 1. The number of rotatable bonds is 2. The van der Waals surface area contributed by atoms with Crippen LogP contribution in [0.15, 0.2) is 12.1 Å². The van der Waals surface area contributed by atoms with Gasteiger partial charge in [-0.3, -0.25) is 19.3 Å². The van der Waals surface area contributed by atoms with Gasteiger partial charge < -0.3 is 4.74 Å². The fourth-order valence-electron chi connectivity index (χ4n) is 3.13. The van der Waals surface area contributed by atoms with Gasteiger partial charge in [-0.2, -0.15) is 0 Å². The molecule has 1 saturated heterocycles. The van der Waals surface area contributed by atoms with Crippen molar-refractivity contribution in [3.8, 4) is 18.1 Å². The Bertz CT molecular complexity index is 822. The van der Waals surface area contributed by atoms with Gasteiger partial charge >= 0.3 is 0 Å². The molecule has 122 valence electrons. The van der Waals surface area contributed by atoms with E-state index in [-0.39, 0.29) is 42.4 Å². The quantitative estimate of drug-likeness (QED) is 0.607. The molecule has 2 heterocycles. The maximum absolute atomic E-state index is 14.5. The molecule has 0 N–H and O–H groups in total. The van der Waals surface area contributed by atoms with E-state index < -0.39 is 23.2 Å². The molecule has 0 unspecified atom stereocenters. The SMILES string of the molecule is C#CCN1C(=O)C2(CC2)Oc2cc(F)c(N3C(=O)CCC3=O)cc21. The Kier molecular flexibility index (Phi) is 2.94. The van der Waals surface area contributed by atoms with E-state index in [0.29, 0.717) is 12.8 Å². The third kappa shape index (κ3) is 1.92. The topological polar surface area (TPSA) is 66.9 Å². The van der Waals surface area contributed by atoms with E-state index in [1.165, 1.54) is 11.0 Å². The highest BCUT2D eigenvalue weighted by Crippen LogP contribution is 2.50. The van der Waals surface area contributed by atoms with E-state index in [2.05, 4.69) is 5.92 Å². The summed E-state index contributed by atoms with van der Waals surface area (Å²) in [6.45, 7) is 0.00388. The van der Waals surface area contributed by atoms with E-state index >= 15 is 0 Å². The lowest BCUT2D eigenvalue weighted by molar-refractivity contribution is -0.128. The molecule has 0 aromatic heterocycles. The Hall–Kier alpha value is -2.88. The number of hydrogen-bond donors (Lipinski definition) is 0. The maximum atomic E-state index is 14.5. The van der Waals surface area contributed by atoms with Crippen LogP contribution in [-0.4, -0.2) is 29.9 Å². The van der Waals surface area contributed by atoms with Gasteiger partial charge in [0.15, 0.2) is 11.4 Å². The number of carbonyl (C=O) groups is 3. The lowest BCUT2D eigenvalue weighted by atomic mass is 10.1. The first-order valence-electron chi connectivity index (χ1n) is 7.61. The first-order chi connectivity index (χ1) is 11.5. The van der Waals surface area contributed by atoms with Crippen LogP contribution >= 0.6 is 0 Å². The fraction of sp³-hybridized carbons (Fsp3) is 0.353. The summed E-state index contributed by atoms with van der Waals surface area (Å²) < 4.78 is 20.2. The average Bonchev–Trinajstić information content (AvgIpc) is 3.24. The van der Waals surface area contributed by atoms with Crippen LogP contribution in [0, 0.1) is 18.2 Å². The van der Waals surface area contributed by atoms with E-state index in [0.717, 1.165) is 11.0 Å². The third-order valence-electron chi connectivity index (χ3n) is 4.51. The summed E-state index contributed by atoms with van der Waals surface area (Å²) in [6.07, 6.45) is 6.54. The summed E-state index contributed by atoms with van der Waals surface area (Å²) in [5.41, 5.74) is -0.845. The van der Waals surface area contributed by atoms with Crippen LogP contribution < -0.4 is 14.5 Å². The van der Waals surface area contributed by atoms with Gasteiger partial charge in [0.05, 0.1) is 17.9 Å². The number of amides is 3. The number of terminal acetylenes is 1. The Morgan fingerprint density at radius 1 is 1.17 bits per heavy atom. The van der Waals surface area contributed by atoms with E-state index in [1.807, 2.05) is 0 Å². The molecule has 2 aliphatic heterocycles. The number of hydrogen-bond acceptors (Lipinski definition) is 4. The molecule has 1 aromatic rings. The Labute approximate surface area is 137 Å². The molecule has 2 fully saturated rings. The van der Waals surface area contributed by atoms with Crippen LogP contribution in [0.5, 0.6) is 5.75 Å². The molecular formula is C17H13FN2O4. The van der Waals surface area contributed by atoms with Crippen molar-refractivity contribution in [2.24, 2.45) is 0 Å². The number of anilines is 2. The molecule has 7 heteroatoms. The zero-order chi connectivity index (χ0) is 17.1. The highest BCUT2D eigenvalue weighted by molar-refractivity contribution is 6.20. The molecule has 0 atom stereocenters. The monoisotopic (exact) mass is 328 g/mol. The van der Waals surface area contributed by atoms with Crippen LogP contribution in [0.4, 0.5) is 15.8 Å². The van der Waals surface area contributed by atoms with Crippen LogP contribution in [0.2, 0.25) is 0 Å². The Morgan fingerprint density at radius 3 is 2.42 bits per heavy atom. The molecule has 3 amide bonds. The zero-order valence-corrected chi connectivity index (χ0v) is 12.7. The maximum Gasteiger partial charge on any atom is 0.272 e. The molecule has 6 nitrogen and oxygen atoms in total.